The van der Waals surface area contributed by atoms with Crippen LogP contribution in [-0.2, 0) is 13.1 Å². The Morgan fingerprint density at radius 1 is 1.24 bits per heavy atom. The SMILES string of the molecule is CC[C@H](C)Oc1ccc2c(c1)c(CN)c(C)n2CC(C)C. The molecule has 0 aliphatic heterocycles. The predicted molar refractivity (Wildman–Crippen MR) is 89.8 cm³/mol. The van der Waals surface area contributed by atoms with Crippen LogP contribution < -0.4 is 10.5 Å². The first-order valence-electron chi connectivity index (χ1n) is 7.96. The molecule has 3 heteroatoms. The molecule has 2 N–H and O–H groups in total. The van der Waals surface area contributed by atoms with Crippen molar-refractivity contribution in [1.29, 1.82) is 0 Å². The standard InChI is InChI=1S/C18H28N2O/c1-6-13(4)21-15-7-8-18-16(9-15)17(10-19)14(5)20(18)11-12(2)3/h7-9,12-13H,6,10-11,19H2,1-5H3/t13-/m0/s1. The summed E-state index contributed by atoms with van der Waals surface area (Å²) >= 11 is 0. The van der Waals surface area contributed by atoms with Crippen LogP contribution in [0.15, 0.2) is 18.2 Å². The molecule has 0 saturated heterocycles. The lowest BCUT2D eigenvalue weighted by atomic mass is 10.1. The molecule has 2 rings (SSSR count). The maximum absolute atomic E-state index is 5.98. The van der Waals surface area contributed by atoms with Gasteiger partial charge in [0.25, 0.3) is 0 Å². The number of fused-ring (bicyclic) bond motifs is 1. The Morgan fingerprint density at radius 2 is 1.95 bits per heavy atom. The molecule has 0 amide bonds. The van der Waals surface area contributed by atoms with Gasteiger partial charge in [0.1, 0.15) is 5.75 Å². The van der Waals surface area contributed by atoms with Crippen molar-refractivity contribution >= 4 is 10.9 Å². The van der Waals surface area contributed by atoms with Crippen LogP contribution in [0.2, 0.25) is 0 Å². The van der Waals surface area contributed by atoms with Gasteiger partial charge in [-0.25, -0.2) is 0 Å². The van der Waals surface area contributed by atoms with Gasteiger partial charge in [-0.2, -0.15) is 0 Å². The van der Waals surface area contributed by atoms with E-state index in [1.165, 1.54) is 22.2 Å². The number of nitrogens with two attached hydrogens (primary N) is 1. The number of nitrogens with zero attached hydrogens (tertiary/aromatic N) is 1. The maximum Gasteiger partial charge on any atom is 0.120 e. The molecule has 2 aromatic rings. The smallest absolute Gasteiger partial charge is 0.120 e. The Balaban J connectivity index is 2.51. The van der Waals surface area contributed by atoms with Crippen LogP contribution >= 0.6 is 0 Å². The fourth-order valence-corrected chi connectivity index (χ4v) is 2.78. The minimum Gasteiger partial charge on any atom is -0.491 e. The monoisotopic (exact) mass is 288 g/mol. The molecule has 21 heavy (non-hydrogen) atoms. The highest BCUT2D eigenvalue weighted by molar-refractivity contribution is 5.87. The van der Waals surface area contributed by atoms with Gasteiger partial charge >= 0.3 is 0 Å². The Bertz CT molecular complexity index is 613. The van der Waals surface area contributed by atoms with E-state index in [0.717, 1.165) is 18.7 Å². The summed E-state index contributed by atoms with van der Waals surface area (Å²) < 4.78 is 8.34. The Labute approximate surface area is 128 Å². The largest absolute Gasteiger partial charge is 0.491 e. The fourth-order valence-electron chi connectivity index (χ4n) is 2.78. The quantitative estimate of drug-likeness (QED) is 0.863. The van der Waals surface area contributed by atoms with E-state index in [2.05, 4.69) is 57.4 Å². The third-order valence-corrected chi connectivity index (χ3v) is 4.09. The normalized spacial score (nSPS) is 13.1. The first kappa shape index (κ1) is 15.9. The van der Waals surface area contributed by atoms with Gasteiger partial charge in [0.2, 0.25) is 0 Å². The zero-order valence-electron chi connectivity index (χ0n) is 13.9. The van der Waals surface area contributed by atoms with Gasteiger partial charge in [-0.05, 0) is 49.9 Å². The summed E-state index contributed by atoms with van der Waals surface area (Å²) in [4.78, 5) is 0. The average molecular weight is 288 g/mol. The van der Waals surface area contributed by atoms with Crippen LogP contribution in [0.1, 0.15) is 45.4 Å². The molecule has 1 aromatic carbocycles. The van der Waals surface area contributed by atoms with Crippen molar-refractivity contribution in [2.45, 2.75) is 60.2 Å². The van der Waals surface area contributed by atoms with Crippen LogP contribution in [0.5, 0.6) is 5.75 Å². The van der Waals surface area contributed by atoms with Gasteiger partial charge in [-0.3, -0.25) is 0 Å². The van der Waals surface area contributed by atoms with Crippen molar-refractivity contribution in [1.82, 2.24) is 4.57 Å². The van der Waals surface area contributed by atoms with Crippen molar-refractivity contribution in [2.75, 3.05) is 0 Å². The minimum absolute atomic E-state index is 0.239. The van der Waals surface area contributed by atoms with Gasteiger partial charge in [0.15, 0.2) is 0 Å². The molecular weight excluding hydrogens is 260 g/mol. The molecule has 0 spiro atoms. The molecule has 0 bridgehead atoms. The third kappa shape index (κ3) is 3.24. The highest BCUT2D eigenvalue weighted by Gasteiger charge is 2.15. The van der Waals surface area contributed by atoms with E-state index in [-0.39, 0.29) is 6.10 Å². The van der Waals surface area contributed by atoms with Crippen LogP contribution in [0.25, 0.3) is 10.9 Å². The molecule has 3 nitrogen and oxygen atoms in total. The molecule has 1 heterocycles. The Morgan fingerprint density at radius 3 is 2.52 bits per heavy atom. The van der Waals surface area contributed by atoms with Gasteiger partial charge in [0.05, 0.1) is 6.10 Å². The molecule has 0 fully saturated rings. The summed E-state index contributed by atoms with van der Waals surface area (Å²) in [6, 6.07) is 6.39. The molecule has 0 saturated carbocycles. The van der Waals surface area contributed by atoms with E-state index in [9.17, 15) is 0 Å². The number of ether oxygens (including phenoxy) is 1. The van der Waals surface area contributed by atoms with E-state index >= 15 is 0 Å². The Hall–Kier alpha value is -1.48. The number of rotatable bonds is 6. The molecular formula is C18H28N2O. The highest BCUT2D eigenvalue weighted by Crippen LogP contribution is 2.30. The first-order valence-corrected chi connectivity index (χ1v) is 7.96. The molecule has 116 valence electrons. The van der Waals surface area contributed by atoms with Crippen molar-refractivity contribution in [3.05, 3.63) is 29.5 Å². The Kier molecular flexibility index (Phi) is 4.94. The molecule has 0 unspecified atom stereocenters. The minimum atomic E-state index is 0.239. The topological polar surface area (TPSA) is 40.2 Å². The first-order chi connectivity index (χ1) is 9.97. The van der Waals surface area contributed by atoms with Crippen molar-refractivity contribution in [3.63, 3.8) is 0 Å². The second kappa shape index (κ2) is 6.52. The van der Waals surface area contributed by atoms with Crippen molar-refractivity contribution < 1.29 is 4.74 Å². The van der Waals surface area contributed by atoms with Gasteiger partial charge in [0, 0.05) is 29.7 Å². The van der Waals surface area contributed by atoms with Crippen LogP contribution in [0, 0.1) is 12.8 Å². The third-order valence-electron chi connectivity index (χ3n) is 4.09. The lowest BCUT2D eigenvalue weighted by Crippen LogP contribution is -2.09. The van der Waals surface area contributed by atoms with E-state index in [0.29, 0.717) is 12.5 Å². The highest BCUT2D eigenvalue weighted by atomic mass is 16.5. The van der Waals surface area contributed by atoms with Gasteiger partial charge in [-0.15, -0.1) is 0 Å². The van der Waals surface area contributed by atoms with E-state index in [1.807, 2.05) is 0 Å². The molecule has 1 atom stereocenters. The molecule has 1 aromatic heterocycles. The maximum atomic E-state index is 5.98. The zero-order valence-corrected chi connectivity index (χ0v) is 13.9. The molecule has 0 aliphatic carbocycles. The van der Waals surface area contributed by atoms with Gasteiger partial charge < -0.3 is 15.0 Å². The number of benzene rings is 1. The fraction of sp³-hybridized carbons (Fsp3) is 0.556. The second-order valence-electron chi connectivity index (χ2n) is 6.29. The lowest BCUT2D eigenvalue weighted by molar-refractivity contribution is 0.217. The predicted octanol–water partition coefficient (Wildman–Crippen LogP) is 4.24. The summed E-state index contributed by atoms with van der Waals surface area (Å²) in [6.07, 6.45) is 1.25. The van der Waals surface area contributed by atoms with Gasteiger partial charge in [-0.1, -0.05) is 20.8 Å². The van der Waals surface area contributed by atoms with Crippen LogP contribution in [0.4, 0.5) is 0 Å². The zero-order chi connectivity index (χ0) is 15.6. The number of aromatic nitrogens is 1. The number of hydrogen-bond acceptors (Lipinski definition) is 2. The summed E-state index contributed by atoms with van der Waals surface area (Å²) in [5.74, 6) is 1.55. The molecule has 0 aliphatic rings. The van der Waals surface area contributed by atoms with E-state index in [4.69, 9.17) is 10.5 Å². The average Bonchev–Trinajstić information content (AvgIpc) is 2.70. The van der Waals surface area contributed by atoms with Crippen LogP contribution in [0.3, 0.4) is 0 Å². The summed E-state index contributed by atoms with van der Waals surface area (Å²) in [7, 11) is 0. The second-order valence-corrected chi connectivity index (χ2v) is 6.29. The van der Waals surface area contributed by atoms with Crippen molar-refractivity contribution in [2.24, 2.45) is 11.7 Å². The van der Waals surface area contributed by atoms with Crippen molar-refractivity contribution in [3.8, 4) is 5.75 Å². The van der Waals surface area contributed by atoms with E-state index in [1.54, 1.807) is 0 Å². The van der Waals surface area contributed by atoms with Crippen LogP contribution in [-0.4, -0.2) is 10.7 Å². The number of hydrogen-bond donors (Lipinski definition) is 1. The molecule has 0 radical (unpaired) electrons. The lowest BCUT2D eigenvalue weighted by Gasteiger charge is -2.13. The summed E-state index contributed by atoms with van der Waals surface area (Å²) in [5, 5.41) is 1.23. The summed E-state index contributed by atoms with van der Waals surface area (Å²) in [5.41, 5.74) is 9.76. The van der Waals surface area contributed by atoms with E-state index < -0.39 is 0 Å². The summed E-state index contributed by atoms with van der Waals surface area (Å²) in [6.45, 7) is 12.5.